The van der Waals surface area contributed by atoms with Gasteiger partial charge >= 0.3 is 0 Å². The Kier molecular flexibility index (Phi) is 4.96. The molecule has 11 heteroatoms. The zero-order valence-electron chi connectivity index (χ0n) is 19.9. The monoisotopic (exact) mass is 493 g/mol. The molecule has 4 aromatic heterocycles. The van der Waals surface area contributed by atoms with E-state index in [1.807, 2.05) is 37.6 Å². The number of aromatic nitrogens is 6. The maximum atomic E-state index is 13.5. The van der Waals surface area contributed by atoms with Crippen LogP contribution in [0.1, 0.15) is 72.9 Å². The molecule has 10 nitrogen and oxygen atoms in total. The fourth-order valence-corrected chi connectivity index (χ4v) is 6.60. The second kappa shape index (κ2) is 7.84. The molecule has 0 spiro atoms. The van der Waals surface area contributed by atoms with Crippen molar-refractivity contribution in [3.63, 3.8) is 0 Å². The number of nitrogens with zero attached hydrogens (tertiary/aromatic N) is 6. The Morgan fingerprint density at radius 1 is 1.14 bits per heavy atom. The van der Waals surface area contributed by atoms with Crippen LogP contribution in [0.5, 0.6) is 0 Å². The number of sulfone groups is 1. The molecule has 1 saturated heterocycles. The number of hydrogen-bond donors (Lipinski definition) is 1. The molecule has 1 N–H and O–H groups in total. The van der Waals surface area contributed by atoms with E-state index in [4.69, 9.17) is 4.98 Å². The van der Waals surface area contributed by atoms with E-state index in [0.29, 0.717) is 40.3 Å². The smallest absolute Gasteiger partial charge is 0.256 e. The lowest BCUT2D eigenvalue weighted by Crippen LogP contribution is -2.15. The van der Waals surface area contributed by atoms with Gasteiger partial charge in [0.2, 0.25) is 0 Å². The number of anilines is 1. The van der Waals surface area contributed by atoms with Crippen LogP contribution in [0.3, 0.4) is 0 Å². The van der Waals surface area contributed by atoms with Crippen LogP contribution >= 0.6 is 0 Å². The average Bonchev–Trinajstić information content (AvgIpc) is 3.35. The highest BCUT2D eigenvalue weighted by molar-refractivity contribution is 7.91. The van der Waals surface area contributed by atoms with Crippen LogP contribution in [0.25, 0.3) is 22.1 Å². The number of nitrogens with one attached hydrogen (secondary N) is 1. The standard InChI is InChI=1S/C24H27N7O3S/c1-13(2)30-22-16(10-26-30)8-17(11-25-22)27-24(32)19-9-20(15-4-5-15)28-23-21(19)14(3)29-31(23)18-6-7-35(33,34)12-18/h8-11,13,15,18H,4-7,12H2,1-3H3,(H,27,32)/t18-/m0/s1. The largest absolute Gasteiger partial charge is 0.321 e. The maximum absolute atomic E-state index is 13.5. The summed E-state index contributed by atoms with van der Waals surface area (Å²) in [6.07, 6.45) is 5.96. The number of pyridine rings is 2. The van der Waals surface area contributed by atoms with Crippen molar-refractivity contribution in [2.45, 2.75) is 58.0 Å². The van der Waals surface area contributed by atoms with Crippen molar-refractivity contribution >= 4 is 43.5 Å². The molecule has 1 aliphatic heterocycles. The molecule has 0 bridgehead atoms. The molecule has 0 unspecified atom stereocenters. The lowest BCUT2D eigenvalue weighted by atomic mass is 10.1. The van der Waals surface area contributed by atoms with Gasteiger partial charge in [0.15, 0.2) is 21.1 Å². The summed E-state index contributed by atoms with van der Waals surface area (Å²) in [6.45, 7) is 5.92. The first-order chi connectivity index (χ1) is 16.7. The van der Waals surface area contributed by atoms with Crippen LogP contribution < -0.4 is 5.32 Å². The molecule has 0 radical (unpaired) electrons. The van der Waals surface area contributed by atoms with Crippen molar-refractivity contribution < 1.29 is 13.2 Å². The molecular formula is C24H27N7O3S. The molecule has 2 aliphatic rings. The van der Waals surface area contributed by atoms with Crippen LogP contribution in [-0.4, -0.2) is 55.4 Å². The lowest BCUT2D eigenvalue weighted by molar-refractivity contribution is 0.102. The van der Waals surface area contributed by atoms with Crippen molar-refractivity contribution in [3.8, 4) is 0 Å². The summed E-state index contributed by atoms with van der Waals surface area (Å²) in [7, 11) is -3.09. The molecule has 1 amide bonds. The first-order valence-corrected chi connectivity index (χ1v) is 13.8. The fourth-order valence-electron chi connectivity index (χ4n) is 4.91. The summed E-state index contributed by atoms with van der Waals surface area (Å²) in [5, 5.41) is 13.5. The summed E-state index contributed by atoms with van der Waals surface area (Å²) in [5.74, 6) is 0.257. The second-order valence-corrected chi connectivity index (χ2v) is 12.2. The van der Waals surface area contributed by atoms with E-state index in [0.717, 1.165) is 29.6 Å². The summed E-state index contributed by atoms with van der Waals surface area (Å²) >= 11 is 0. The molecule has 0 aromatic carbocycles. The van der Waals surface area contributed by atoms with Gasteiger partial charge in [0.05, 0.1) is 52.3 Å². The Morgan fingerprint density at radius 3 is 2.63 bits per heavy atom. The molecule has 35 heavy (non-hydrogen) atoms. The quantitative estimate of drug-likeness (QED) is 0.451. The third-order valence-corrected chi connectivity index (χ3v) is 8.58. The Hall–Kier alpha value is -3.34. The fraction of sp³-hybridized carbons (Fsp3) is 0.458. The number of hydrogen-bond acceptors (Lipinski definition) is 7. The minimum Gasteiger partial charge on any atom is -0.321 e. The number of fused-ring (bicyclic) bond motifs is 2. The third-order valence-electron chi connectivity index (χ3n) is 6.83. The first kappa shape index (κ1) is 22.1. The van der Waals surface area contributed by atoms with Crippen LogP contribution in [0.4, 0.5) is 5.69 Å². The predicted octanol–water partition coefficient (Wildman–Crippen LogP) is 3.55. The van der Waals surface area contributed by atoms with E-state index < -0.39 is 9.84 Å². The van der Waals surface area contributed by atoms with Gasteiger partial charge in [-0.15, -0.1) is 0 Å². The Labute approximate surface area is 202 Å². The minimum atomic E-state index is -3.09. The van der Waals surface area contributed by atoms with Crippen molar-refractivity contribution in [1.82, 2.24) is 29.5 Å². The number of carbonyl (C=O) groups is 1. The van der Waals surface area contributed by atoms with Gasteiger partial charge in [0.25, 0.3) is 5.91 Å². The Morgan fingerprint density at radius 2 is 1.94 bits per heavy atom. The molecule has 182 valence electrons. The van der Waals surface area contributed by atoms with E-state index in [1.54, 1.807) is 17.1 Å². The van der Waals surface area contributed by atoms with Crippen molar-refractivity contribution in [3.05, 3.63) is 41.5 Å². The van der Waals surface area contributed by atoms with Crippen LogP contribution in [0, 0.1) is 6.92 Å². The Bertz CT molecular complexity index is 1600. The molecule has 1 atom stereocenters. The summed E-state index contributed by atoms with van der Waals surface area (Å²) < 4.78 is 27.8. The number of aryl methyl sites for hydroxylation is 1. The van der Waals surface area contributed by atoms with Gasteiger partial charge in [0, 0.05) is 23.0 Å². The number of amides is 1. The van der Waals surface area contributed by atoms with Crippen LogP contribution in [0.15, 0.2) is 24.5 Å². The van der Waals surface area contributed by atoms with Gasteiger partial charge in [-0.1, -0.05) is 0 Å². The molecule has 2 fully saturated rings. The van der Waals surface area contributed by atoms with Gasteiger partial charge in [-0.25, -0.2) is 27.7 Å². The van der Waals surface area contributed by atoms with Gasteiger partial charge in [0.1, 0.15) is 0 Å². The van der Waals surface area contributed by atoms with Crippen LogP contribution in [-0.2, 0) is 9.84 Å². The minimum absolute atomic E-state index is 0.0514. The molecular weight excluding hydrogens is 466 g/mol. The number of carbonyl (C=O) groups excluding carboxylic acids is 1. The molecule has 6 rings (SSSR count). The SMILES string of the molecule is Cc1nn([C@H]2CCS(=O)(=O)C2)c2nc(C3CC3)cc(C(=O)Nc3cnc4c(cnn4C(C)C)c3)c12. The topological polar surface area (TPSA) is 125 Å². The highest BCUT2D eigenvalue weighted by Gasteiger charge is 2.34. The summed E-state index contributed by atoms with van der Waals surface area (Å²) in [5.41, 5.74) is 3.96. The average molecular weight is 494 g/mol. The van der Waals surface area contributed by atoms with Crippen LogP contribution in [0.2, 0.25) is 0 Å². The zero-order valence-corrected chi connectivity index (χ0v) is 20.7. The van der Waals surface area contributed by atoms with Gasteiger partial charge in [-0.3, -0.25) is 4.79 Å². The van der Waals surface area contributed by atoms with Gasteiger partial charge in [-0.2, -0.15) is 10.2 Å². The maximum Gasteiger partial charge on any atom is 0.256 e. The first-order valence-electron chi connectivity index (χ1n) is 11.9. The van der Waals surface area contributed by atoms with E-state index in [-0.39, 0.29) is 29.5 Å². The van der Waals surface area contributed by atoms with Crippen molar-refractivity contribution in [2.24, 2.45) is 0 Å². The lowest BCUT2D eigenvalue weighted by Gasteiger charge is -2.12. The molecule has 1 saturated carbocycles. The molecule has 4 aromatic rings. The van der Waals surface area contributed by atoms with E-state index in [1.165, 1.54) is 0 Å². The van der Waals surface area contributed by atoms with Gasteiger partial charge < -0.3 is 5.32 Å². The van der Waals surface area contributed by atoms with E-state index >= 15 is 0 Å². The van der Waals surface area contributed by atoms with Crippen molar-refractivity contribution in [1.29, 1.82) is 0 Å². The molecule has 5 heterocycles. The highest BCUT2D eigenvalue weighted by atomic mass is 32.2. The highest BCUT2D eigenvalue weighted by Crippen LogP contribution is 2.41. The van der Waals surface area contributed by atoms with Crippen molar-refractivity contribution in [2.75, 3.05) is 16.8 Å². The Balaban J connectivity index is 1.40. The second-order valence-electron chi connectivity index (χ2n) is 9.93. The van der Waals surface area contributed by atoms with E-state index in [9.17, 15) is 13.2 Å². The van der Waals surface area contributed by atoms with E-state index in [2.05, 4.69) is 20.5 Å². The predicted molar refractivity (Wildman–Crippen MR) is 132 cm³/mol. The number of rotatable bonds is 5. The van der Waals surface area contributed by atoms with Gasteiger partial charge in [-0.05, 0) is 52.2 Å². The molecule has 1 aliphatic carbocycles. The third kappa shape index (κ3) is 3.87. The summed E-state index contributed by atoms with van der Waals surface area (Å²) in [4.78, 5) is 22.9. The normalized spacial score (nSPS) is 19.7. The summed E-state index contributed by atoms with van der Waals surface area (Å²) in [6, 6.07) is 3.65. The zero-order chi connectivity index (χ0) is 24.5.